The predicted molar refractivity (Wildman–Crippen MR) is 80.2 cm³/mol. The molecular formula is C17H28O3. The van der Waals surface area contributed by atoms with Crippen molar-refractivity contribution >= 4 is 0 Å². The van der Waals surface area contributed by atoms with E-state index >= 15 is 0 Å². The summed E-state index contributed by atoms with van der Waals surface area (Å²) in [4.78, 5) is 0. The molecule has 1 saturated heterocycles. The zero-order valence-corrected chi connectivity index (χ0v) is 12.8. The van der Waals surface area contributed by atoms with Crippen molar-refractivity contribution in [3.05, 3.63) is 24.8 Å². The minimum Gasteiger partial charge on any atom is -0.389 e. The number of hydrogen-bond acceptors (Lipinski definition) is 3. The van der Waals surface area contributed by atoms with E-state index < -0.39 is 6.10 Å². The smallest absolute Gasteiger partial charge is 0.157 e. The van der Waals surface area contributed by atoms with Crippen molar-refractivity contribution in [1.29, 1.82) is 0 Å². The molecule has 1 aliphatic heterocycles. The molecule has 3 heteroatoms. The summed E-state index contributed by atoms with van der Waals surface area (Å²) >= 11 is 0. The van der Waals surface area contributed by atoms with Crippen molar-refractivity contribution < 1.29 is 14.6 Å². The van der Waals surface area contributed by atoms with E-state index in [2.05, 4.69) is 20.1 Å². The van der Waals surface area contributed by atoms with Crippen LogP contribution < -0.4 is 0 Å². The molecule has 0 amide bonds. The first-order valence-corrected chi connectivity index (χ1v) is 7.77. The van der Waals surface area contributed by atoms with Crippen LogP contribution in [-0.2, 0) is 9.47 Å². The topological polar surface area (TPSA) is 38.7 Å². The second-order valence-electron chi connectivity index (χ2n) is 6.32. The zero-order valence-electron chi connectivity index (χ0n) is 12.8. The van der Waals surface area contributed by atoms with Crippen molar-refractivity contribution in [2.24, 2.45) is 17.8 Å². The largest absolute Gasteiger partial charge is 0.389 e. The van der Waals surface area contributed by atoms with E-state index in [0.717, 1.165) is 31.4 Å². The Bertz CT molecular complexity index is 346. The number of rotatable bonds is 5. The van der Waals surface area contributed by atoms with Crippen molar-refractivity contribution in [3.8, 4) is 0 Å². The van der Waals surface area contributed by atoms with Gasteiger partial charge in [-0.05, 0) is 44.4 Å². The monoisotopic (exact) mass is 280 g/mol. The Labute approximate surface area is 122 Å². The molecule has 1 heterocycles. The summed E-state index contributed by atoms with van der Waals surface area (Å²) in [6.07, 6.45) is 5.42. The summed E-state index contributed by atoms with van der Waals surface area (Å²) in [6.45, 7) is 12.8. The van der Waals surface area contributed by atoms with Crippen LogP contribution in [0.3, 0.4) is 0 Å². The van der Waals surface area contributed by atoms with Gasteiger partial charge < -0.3 is 14.6 Å². The van der Waals surface area contributed by atoms with Crippen LogP contribution in [0.25, 0.3) is 0 Å². The molecule has 0 spiro atoms. The second-order valence-corrected chi connectivity index (χ2v) is 6.32. The third-order valence-electron chi connectivity index (χ3n) is 4.88. The number of ether oxygens (including phenoxy) is 2. The van der Waals surface area contributed by atoms with Crippen LogP contribution in [0, 0.1) is 17.8 Å². The maximum Gasteiger partial charge on any atom is 0.157 e. The first-order chi connectivity index (χ1) is 9.54. The van der Waals surface area contributed by atoms with Gasteiger partial charge in [0.05, 0.1) is 12.2 Å². The molecular weight excluding hydrogens is 252 g/mol. The molecule has 0 aromatic heterocycles. The molecule has 0 radical (unpaired) electrons. The minimum absolute atomic E-state index is 0.0680. The summed E-state index contributed by atoms with van der Waals surface area (Å²) in [5.41, 5.74) is 1.12. The van der Waals surface area contributed by atoms with Gasteiger partial charge in [0.15, 0.2) is 6.29 Å². The van der Waals surface area contributed by atoms with Gasteiger partial charge in [0.25, 0.3) is 0 Å². The molecule has 1 saturated carbocycles. The molecule has 0 bridgehead atoms. The van der Waals surface area contributed by atoms with Gasteiger partial charge in [-0.15, -0.1) is 6.58 Å². The highest BCUT2D eigenvalue weighted by Crippen LogP contribution is 2.44. The molecule has 0 aromatic carbocycles. The maximum absolute atomic E-state index is 10.2. The van der Waals surface area contributed by atoms with Crippen LogP contribution in [0.5, 0.6) is 0 Å². The lowest BCUT2D eigenvalue weighted by Crippen LogP contribution is -2.32. The molecule has 3 nitrogen and oxygen atoms in total. The summed E-state index contributed by atoms with van der Waals surface area (Å²) in [5, 5.41) is 10.2. The van der Waals surface area contributed by atoms with Gasteiger partial charge in [-0.1, -0.05) is 25.2 Å². The van der Waals surface area contributed by atoms with E-state index in [9.17, 15) is 5.11 Å². The Kier molecular flexibility index (Phi) is 5.42. The summed E-state index contributed by atoms with van der Waals surface area (Å²) in [5.74, 6) is 0.736. The van der Waals surface area contributed by atoms with Gasteiger partial charge >= 0.3 is 0 Å². The van der Waals surface area contributed by atoms with Crippen LogP contribution >= 0.6 is 0 Å². The Morgan fingerprint density at radius 2 is 2.20 bits per heavy atom. The fraction of sp³-hybridized carbons (Fsp3) is 0.765. The standard InChI is InChI=1S/C17H28O3/c1-5-14(18)17-12(4)15(10-13(17)11(2)3)20-16-8-6-7-9-19-16/h5,12-18H,1-2,6-10H2,3-4H3/t12-,13+,14+,15-,16?,17+/m0/s1. The summed E-state index contributed by atoms with van der Waals surface area (Å²) in [6, 6.07) is 0. The normalized spacial score (nSPS) is 39.5. The van der Waals surface area contributed by atoms with Crippen molar-refractivity contribution in [1.82, 2.24) is 0 Å². The van der Waals surface area contributed by atoms with E-state index in [4.69, 9.17) is 9.47 Å². The van der Waals surface area contributed by atoms with Gasteiger partial charge in [-0.3, -0.25) is 0 Å². The van der Waals surface area contributed by atoms with E-state index in [1.165, 1.54) is 6.42 Å². The lowest BCUT2D eigenvalue weighted by molar-refractivity contribution is -0.195. The lowest BCUT2D eigenvalue weighted by atomic mass is 9.82. The zero-order chi connectivity index (χ0) is 14.7. The fourth-order valence-corrected chi connectivity index (χ4v) is 3.67. The second kappa shape index (κ2) is 6.88. The highest BCUT2D eigenvalue weighted by atomic mass is 16.7. The van der Waals surface area contributed by atoms with Crippen LogP contribution in [0.4, 0.5) is 0 Å². The first kappa shape index (κ1) is 15.7. The van der Waals surface area contributed by atoms with E-state index in [1.54, 1.807) is 6.08 Å². The molecule has 6 atom stereocenters. The number of hydrogen-bond donors (Lipinski definition) is 1. The van der Waals surface area contributed by atoms with Gasteiger partial charge in [0.1, 0.15) is 0 Å². The minimum atomic E-state index is -0.493. The summed E-state index contributed by atoms with van der Waals surface area (Å²) in [7, 11) is 0. The summed E-state index contributed by atoms with van der Waals surface area (Å²) < 4.78 is 11.8. The Morgan fingerprint density at radius 1 is 1.45 bits per heavy atom. The van der Waals surface area contributed by atoms with Gasteiger partial charge in [-0.2, -0.15) is 0 Å². The Hall–Kier alpha value is -0.640. The highest BCUT2D eigenvalue weighted by molar-refractivity contribution is 5.10. The van der Waals surface area contributed by atoms with Crippen LogP contribution in [0.2, 0.25) is 0 Å². The van der Waals surface area contributed by atoms with E-state index in [1.807, 2.05) is 6.92 Å². The molecule has 1 aliphatic carbocycles. The molecule has 2 fully saturated rings. The molecule has 20 heavy (non-hydrogen) atoms. The highest BCUT2D eigenvalue weighted by Gasteiger charge is 2.45. The molecule has 0 aromatic rings. The number of aliphatic hydroxyl groups is 1. The van der Waals surface area contributed by atoms with Crippen molar-refractivity contribution in [2.75, 3.05) is 6.61 Å². The third-order valence-corrected chi connectivity index (χ3v) is 4.88. The molecule has 114 valence electrons. The molecule has 1 unspecified atom stereocenters. The average Bonchev–Trinajstić information content (AvgIpc) is 2.77. The molecule has 2 rings (SSSR count). The van der Waals surface area contributed by atoms with Crippen molar-refractivity contribution in [2.45, 2.75) is 58.0 Å². The van der Waals surface area contributed by atoms with E-state index in [-0.39, 0.29) is 24.2 Å². The lowest BCUT2D eigenvalue weighted by Gasteiger charge is -2.29. The molecule has 2 aliphatic rings. The van der Waals surface area contributed by atoms with Gasteiger partial charge in [0, 0.05) is 12.5 Å². The number of aliphatic hydroxyl groups excluding tert-OH is 1. The Balaban J connectivity index is 2.03. The van der Waals surface area contributed by atoms with Crippen LogP contribution in [0.15, 0.2) is 24.8 Å². The van der Waals surface area contributed by atoms with Crippen LogP contribution in [0.1, 0.15) is 39.5 Å². The fourth-order valence-electron chi connectivity index (χ4n) is 3.67. The van der Waals surface area contributed by atoms with Gasteiger partial charge in [0.2, 0.25) is 0 Å². The van der Waals surface area contributed by atoms with Crippen molar-refractivity contribution in [3.63, 3.8) is 0 Å². The quantitative estimate of drug-likeness (QED) is 0.785. The van der Waals surface area contributed by atoms with E-state index in [0.29, 0.717) is 5.92 Å². The number of allylic oxidation sites excluding steroid dienone is 1. The maximum atomic E-state index is 10.2. The van der Waals surface area contributed by atoms with Gasteiger partial charge in [-0.25, -0.2) is 0 Å². The molecule has 1 N–H and O–H groups in total. The predicted octanol–water partition coefficient (Wildman–Crippen LogP) is 3.29. The SMILES string of the molecule is C=C[C@@H](O)[C@@H]1[C@@H](C)[C@@H](OC2CCCCO2)C[C@@H]1C(=C)C. The third kappa shape index (κ3) is 3.33. The Morgan fingerprint density at radius 3 is 2.75 bits per heavy atom. The van der Waals surface area contributed by atoms with Crippen LogP contribution in [-0.4, -0.2) is 30.2 Å². The average molecular weight is 280 g/mol. The first-order valence-electron chi connectivity index (χ1n) is 7.77.